The van der Waals surface area contributed by atoms with Crippen molar-refractivity contribution in [2.75, 3.05) is 6.54 Å². The van der Waals surface area contributed by atoms with Gasteiger partial charge in [0, 0.05) is 29.9 Å². The number of aromatic nitrogens is 3. The molecule has 5 heteroatoms. The van der Waals surface area contributed by atoms with Gasteiger partial charge in [-0.15, -0.1) is 0 Å². The lowest BCUT2D eigenvalue weighted by atomic mass is 9.94. The molecule has 2 aliphatic heterocycles. The number of rotatable bonds is 3. The van der Waals surface area contributed by atoms with Crippen LogP contribution in [0.5, 0.6) is 0 Å². The van der Waals surface area contributed by atoms with Gasteiger partial charge in [-0.2, -0.15) is 4.98 Å². The van der Waals surface area contributed by atoms with Crippen molar-refractivity contribution < 1.29 is 4.52 Å². The van der Waals surface area contributed by atoms with E-state index >= 15 is 0 Å². The zero-order chi connectivity index (χ0) is 17.5. The summed E-state index contributed by atoms with van der Waals surface area (Å²) in [7, 11) is 0. The molecule has 0 bridgehead atoms. The first-order valence-corrected chi connectivity index (χ1v) is 9.37. The molecule has 0 radical (unpaired) electrons. The number of pyridine rings is 1. The summed E-state index contributed by atoms with van der Waals surface area (Å²) in [6.45, 7) is 3.13. The van der Waals surface area contributed by atoms with E-state index in [2.05, 4.69) is 45.4 Å². The van der Waals surface area contributed by atoms with E-state index in [4.69, 9.17) is 9.51 Å². The molecule has 26 heavy (non-hydrogen) atoms. The smallest absolute Gasteiger partial charge is 0.259 e. The molecule has 5 rings (SSSR count). The fraction of sp³-hybridized carbons (Fsp3) is 0.381. The lowest BCUT2D eigenvalue weighted by Gasteiger charge is -2.24. The molecule has 4 heterocycles. The highest BCUT2D eigenvalue weighted by molar-refractivity contribution is 5.55. The van der Waals surface area contributed by atoms with Crippen LogP contribution in [0.2, 0.25) is 0 Å². The van der Waals surface area contributed by atoms with Gasteiger partial charge in [-0.05, 0) is 50.4 Å². The number of benzene rings is 1. The van der Waals surface area contributed by atoms with Crippen LogP contribution < -0.4 is 0 Å². The molecular weight excluding hydrogens is 324 g/mol. The Morgan fingerprint density at radius 1 is 1.12 bits per heavy atom. The van der Waals surface area contributed by atoms with Crippen LogP contribution in [0, 0.1) is 6.92 Å². The van der Waals surface area contributed by atoms with Crippen LogP contribution in [-0.4, -0.2) is 32.6 Å². The van der Waals surface area contributed by atoms with E-state index in [9.17, 15) is 0 Å². The van der Waals surface area contributed by atoms with Crippen LogP contribution in [0.15, 0.2) is 53.2 Å². The first kappa shape index (κ1) is 15.7. The van der Waals surface area contributed by atoms with Crippen molar-refractivity contribution in [3.63, 3.8) is 0 Å². The third-order valence-corrected chi connectivity index (χ3v) is 5.88. The van der Waals surface area contributed by atoms with Crippen LogP contribution in [0.25, 0.3) is 11.5 Å². The van der Waals surface area contributed by atoms with Crippen molar-refractivity contribution in [3.05, 3.63) is 65.7 Å². The van der Waals surface area contributed by atoms with Gasteiger partial charge in [-0.3, -0.25) is 9.88 Å². The standard InChI is InChI=1S/C21H22N4O/c1-14-16(9-5-11-22-14)21-23-20(24-26-21)17-13-19(15-7-3-2-4-8-15)25-12-6-10-18(17)25/h2-5,7-9,11,17-19H,6,10,12-13H2,1H3/t17-,18+,19-/m1/s1. The van der Waals surface area contributed by atoms with Crippen molar-refractivity contribution in [2.24, 2.45) is 0 Å². The molecule has 2 aliphatic rings. The maximum atomic E-state index is 5.61. The van der Waals surface area contributed by atoms with E-state index in [0.29, 0.717) is 23.9 Å². The molecular formula is C21H22N4O. The minimum atomic E-state index is 0.331. The molecule has 132 valence electrons. The van der Waals surface area contributed by atoms with E-state index in [1.54, 1.807) is 6.20 Å². The predicted molar refractivity (Wildman–Crippen MR) is 98.5 cm³/mol. The van der Waals surface area contributed by atoms with Gasteiger partial charge in [0.1, 0.15) is 0 Å². The molecule has 0 spiro atoms. The fourth-order valence-electron chi connectivity index (χ4n) is 4.65. The highest BCUT2D eigenvalue weighted by atomic mass is 16.5. The maximum Gasteiger partial charge on any atom is 0.259 e. The van der Waals surface area contributed by atoms with E-state index in [1.807, 2.05) is 19.1 Å². The average molecular weight is 346 g/mol. The van der Waals surface area contributed by atoms with E-state index in [-0.39, 0.29) is 0 Å². The van der Waals surface area contributed by atoms with Crippen LogP contribution in [0.4, 0.5) is 0 Å². The summed E-state index contributed by atoms with van der Waals surface area (Å²) in [6, 6.07) is 15.7. The second kappa shape index (κ2) is 6.32. The molecule has 0 aliphatic carbocycles. The maximum absolute atomic E-state index is 5.61. The first-order chi connectivity index (χ1) is 12.8. The number of fused-ring (bicyclic) bond motifs is 1. The fourth-order valence-corrected chi connectivity index (χ4v) is 4.65. The molecule has 0 unspecified atom stereocenters. The van der Waals surface area contributed by atoms with Crippen LogP contribution in [-0.2, 0) is 0 Å². The minimum absolute atomic E-state index is 0.331. The lowest BCUT2D eigenvalue weighted by molar-refractivity contribution is 0.243. The summed E-state index contributed by atoms with van der Waals surface area (Å²) in [5, 5.41) is 4.36. The van der Waals surface area contributed by atoms with Crippen LogP contribution >= 0.6 is 0 Å². The number of hydrogen-bond donors (Lipinski definition) is 0. The SMILES string of the molecule is Cc1ncccc1-c1nc([C@@H]2C[C@H](c3ccccc3)N3CCC[C@@H]23)no1. The Hall–Kier alpha value is -2.53. The Balaban J connectivity index is 1.46. The Morgan fingerprint density at radius 2 is 2.00 bits per heavy atom. The summed E-state index contributed by atoms with van der Waals surface area (Å²) in [6.07, 6.45) is 5.30. The molecule has 3 atom stereocenters. The zero-order valence-corrected chi connectivity index (χ0v) is 14.9. The second-order valence-electron chi connectivity index (χ2n) is 7.31. The third kappa shape index (κ3) is 2.54. The predicted octanol–water partition coefficient (Wildman–Crippen LogP) is 4.13. The van der Waals surface area contributed by atoms with Gasteiger partial charge in [0.25, 0.3) is 5.89 Å². The molecule has 2 fully saturated rings. The second-order valence-corrected chi connectivity index (χ2v) is 7.31. The largest absolute Gasteiger partial charge is 0.334 e. The van der Waals surface area contributed by atoms with E-state index in [0.717, 1.165) is 30.0 Å². The zero-order valence-electron chi connectivity index (χ0n) is 14.9. The summed E-state index contributed by atoms with van der Waals surface area (Å²) >= 11 is 0. The van der Waals surface area contributed by atoms with Crippen molar-refractivity contribution in [3.8, 4) is 11.5 Å². The van der Waals surface area contributed by atoms with Gasteiger partial charge in [-0.1, -0.05) is 35.5 Å². The number of nitrogens with zero attached hydrogens (tertiary/aromatic N) is 4. The van der Waals surface area contributed by atoms with Crippen molar-refractivity contribution in [1.82, 2.24) is 20.0 Å². The molecule has 0 N–H and O–H groups in total. The Morgan fingerprint density at radius 3 is 2.85 bits per heavy atom. The summed E-state index contributed by atoms with van der Waals surface area (Å²) in [5.74, 6) is 1.76. The van der Waals surface area contributed by atoms with Gasteiger partial charge in [-0.25, -0.2) is 0 Å². The third-order valence-electron chi connectivity index (χ3n) is 5.88. The van der Waals surface area contributed by atoms with Gasteiger partial charge in [0.15, 0.2) is 5.82 Å². The molecule has 3 aromatic rings. The molecule has 0 saturated carbocycles. The number of aryl methyl sites for hydroxylation is 1. The summed E-state index contributed by atoms with van der Waals surface area (Å²) in [5.41, 5.74) is 3.24. The van der Waals surface area contributed by atoms with E-state index < -0.39 is 0 Å². The Bertz CT molecular complexity index is 907. The van der Waals surface area contributed by atoms with Gasteiger partial charge in [0.2, 0.25) is 0 Å². The summed E-state index contributed by atoms with van der Waals surface area (Å²) in [4.78, 5) is 11.7. The monoisotopic (exact) mass is 346 g/mol. The van der Waals surface area contributed by atoms with Gasteiger partial charge in [0.05, 0.1) is 5.56 Å². The lowest BCUT2D eigenvalue weighted by Crippen LogP contribution is -2.27. The Kier molecular flexibility index (Phi) is 3.82. The molecule has 2 aromatic heterocycles. The topological polar surface area (TPSA) is 55.1 Å². The molecule has 0 amide bonds. The van der Waals surface area contributed by atoms with Crippen LogP contribution in [0.3, 0.4) is 0 Å². The molecule has 2 saturated heterocycles. The van der Waals surface area contributed by atoms with Crippen molar-refractivity contribution in [2.45, 2.75) is 44.2 Å². The molecule has 5 nitrogen and oxygen atoms in total. The van der Waals surface area contributed by atoms with E-state index in [1.165, 1.54) is 18.4 Å². The summed E-state index contributed by atoms with van der Waals surface area (Å²) < 4.78 is 5.61. The first-order valence-electron chi connectivity index (χ1n) is 9.37. The van der Waals surface area contributed by atoms with Gasteiger partial charge < -0.3 is 4.52 Å². The van der Waals surface area contributed by atoms with Crippen molar-refractivity contribution in [1.29, 1.82) is 0 Å². The number of hydrogen-bond acceptors (Lipinski definition) is 5. The van der Waals surface area contributed by atoms with Gasteiger partial charge >= 0.3 is 0 Å². The highest BCUT2D eigenvalue weighted by Gasteiger charge is 2.46. The molecule has 1 aromatic carbocycles. The van der Waals surface area contributed by atoms with Crippen molar-refractivity contribution >= 4 is 0 Å². The highest BCUT2D eigenvalue weighted by Crippen LogP contribution is 2.48. The minimum Gasteiger partial charge on any atom is -0.334 e. The average Bonchev–Trinajstić information content (AvgIpc) is 3.39. The van der Waals surface area contributed by atoms with Crippen LogP contribution in [0.1, 0.15) is 48.3 Å². The quantitative estimate of drug-likeness (QED) is 0.713. The Labute approximate surface area is 153 Å². The normalized spacial score (nSPS) is 25.5.